The van der Waals surface area contributed by atoms with Gasteiger partial charge in [0, 0.05) is 23.1 Å². The fraction of sp³-hybridized carbons (Fsp3) is 0.400. The summed E-state index contributed by atoms with van der Waals surface area (Å²) in [7, 11) is 2.11. The number of urea groups is 1. The second-order valence-corrected chi connectivity index (χ2v) is 5.42. The number of piperidine rings is 1. The van der Waals surface area contributed by atoms with Gasteiger partial charge in [-0.2, -0.15) is 0 Å². The van der Waals surface area contributed by atoms with Crippen molar-refractivity contribution in [2.75, 3.05) is 25.5 Å². The average molecular weight is 272 g/mol. The Morgan fingerprint density at radius 2 is 2.10 bits per heavy atom. The van der Waals surface area contributed by atoms with E-state index in [0.717, 1.165) is 42.5 Å². The van der Waals surface area contributed by atoms with E-state index >= 15 is 0 Å². The van der Waals surface area contributed by atoms with Crippen molar-refractivity contribution < 1.29 is 4.79 Å². The van der Waals surface area contributed by atoms with Crippen LogP contribution in [-0.2, 0) is 0 Å². The third-order valence-corrected chi connectivity index (χ3v) is 3.90. The Hall–Kier alpha value is -2.01. The number of hydrogen-bond acceptors (Lipinski definition) is 2. The molecule has 1 aliphatic heterocycles. The van der Waals surface area contributed by atoms with E-state index < -0.39 is 0 Å². The van der Waals surface area contributed by atoms with Crippen molar-refractivity contribution in [3.8, 4) is 0 Å². The molecule has 0 spiro atoms. The van der Waals surface area contributed by atoms with Crippen LogP contribution in [0.4, 0.5) is 10.5 Å². The number of carbonyl (C=O) groups excluding carboxylic acids is 1. The lowest BCUT2D eigenvalue weighted by Gasteiger charge is -2.29. The second kappa shape index (κ2) is 5.54. The summed E-state index contributed by atoms with van der Waals surface area (Å²) < 4.78 is 0. The Morgan fingerprint density at radius 3 is 2.90 bits per heavy atom. The molecule has 1 aromatic heterocycles. The Morgan fingerprint density at radius 1 is 1.30 bits per heavy atom. The summed E-state index contributed by atoms with van der Waals surface area (Å²) in [5.41, 5.74) is 1.87. The van der Waals surface area contributed by atoms with Gasteiger partial charge in [-0.05, 0) is 51.2 Å². The molecular formula is C15H20N4O. The van der Waals surface area contributed by atoms with Gasteiger partial charge in [-0.3, -0.25) is 0 Å². The molecule has 3 N–H and O–H groups in total. The number of fused-ring (bicyclic) bond motifs is 1. The van der Waals surface area contributed by atoms with Crippen LogP contribution in [-0.4, -0.2) is 42.1 Å². The molecule has 1 aromatic carbocycles. The van der Waals surface area contributed by atoms with Crippen LogP contribution in [0.3, 0.4) is 0 Å². The molecule has 0 saturated carbocycles. The number of amides is 2. The summed E-state index contributed by atoms with van der Waals surface area (Å²) in [5, 5.41) is 7.04. The Kier molecular flexibility index (Phi) is 3.60. The molecule has 2 heterocycles. The van der Waals surface area contributed by atoms with Gasteiger partial charge >= 0.3 is 6.03 Å². The lowest BCUT2D eigenvalue weighted by atomic mass is 10.1. The first-order valence-corrected chi connectivity index (χ1v) is 7.04. The molecule has 1 fully saturated rings. The van der Waals surface area contributed by atoms with Gasteiger partial charge < -0.3 is 20.5 Å². The maximum Gasteiger partial charge on any atom is 0.319 e. The van der Waals surface area contributed by atoms with Crippen molar-refractivity contribution in [1.82, 2.24) is 15.2 Å². The fourth-order valence-electron chi connectivity index (χ4n) is 2.69. The largest absolute Gasteiger partial charge is 0.361 e. The van der Waals surface area contributed by atoms with Crippen LogP contribution in [0.15, 0.2) is 30.5 Å². The summed E-state index contributed by atoms with van der Waals surface area (Å²) in [4.78, 5) is 17.5. The molecule has 5 nitrogen and oxygen atoms in total. The van der Waals surface area contributed by atoms with E-state index in [0.29, 0.717) is 0 Å². The Labute approximate surface area is 118 Å². The number of H-pyrrole nitrogens is 1. The highest BCUT2D eigenvalue weighted by Crippen LogP contribution is 2.22. The van der Waals surface area contributed by atoms with E-state index in [9.17, 15) is 4.79 Å². The average Bonchev–Trinajstić information content (AvgIpc) is 2.91. The minimum atomic E-state index is -0.117. The minimum Gasteiger partial charge on any atom is -0.361 e. The van der Waals surface area contributed by atoms with Crippen molar-refractivity contribution in [3.63, 3.8) is 0 Å². The van der Waals surface area contributed by atoms with Crippen LogP contribution in [0, 0.1) is 0 Å². The van der Waals surface area contributed by atoms with Crippen LogP contribution < -0.4 is 10.6 Å². The molecule has 0 radical (unpaired) electrons. The number of benzene rings is 1. The van der Waals surface area contributed by atoms with Crippen molar-refractivity contribution in [1.29, 1.82) is 0 Å². The number of nitrogens with zero attached hydrogens (tertiary/aromatic N) is 1. The van der Waals surface area contributed by atoms with Crippen molar-refractivity contribution >= 4 is 22.6 Å². The van der Waals surface area contributed by atoms with Crippen molar-refractivity contribution in [2.45, 2.75) is 18.9 Å². The lowest BCUT2D eigenvalue weighted by molar-refractivity contribution is 0.221. The zero-order chi connectivity index (χ0) is 13.9. The summed E-state index contributed by atoms with van der Waals surface area (Å²) in [6.07, 6.45) is 3.90. The third-order valence-electron chi connectivity index (χ3n) is 3.90. The summed E-state index contributed by atoms with van der Waals surface area (Å²) in [6.45, 7) is 2.08. The molecule has 5 heteroatoms. The lowest BCUT2D eigenvalue weighted by Crippen LogP contribution is -2.44. The minimum absolute atomic E-state index is 0.117. The molecule has 3 rings (SSSR count). The molecule has 106 valence electrons. The van der Waals surface area contributed by atoms with E-state index in [-0.39, 0.29) is 12.1 Å². The van der Waals surface area contributed by atoms with Crippen LogP contribution in [0.5, 0.6) is 0 Å². The maximum atomic E-state index is 12.1. The molecule has 1 aliphatic rings. The quantitative estimate of drug-likeness (QED) is 0.786. The normalized spacial score (nSPS) is 17.2. The molecular weight excluding hydrogens is 252 g/mol. The van der Waals surface area contributed by atoms with Gasteiger partial charge in [0.15, 0.2) is 0 Å². The van der Waals surface area contributed by atoms with Crippen molar-refractivity contribution in [2.24, 2.45) is 0 Å². The van der Waals surface area contributed by atoms with E-state index in [2.05, 4.69) is 27.6 Å². The smallest absolute Gasteiger partial charge is 0.319 e. The number of carbonyl (C=O) groups is 1. The van der Waals surface area contributed by atoms with Crippen LogP contribution in [0.1, 0.15) is 12.8 Å². The number of likely N-dealkylation sites (tertiary alicyclic amines) is 1. The molecule has 0 aliphatic carbocycles. The zero-order valence-electron chi connectivity index (χ0n) is 11.6. The topological polar surface area (TPSA) is 60.2 Å². The molecule has 2 amide bonds. The fourth-order valence-corrected chi connectivity index (χ4v) is 2.69. The van der Waals surface area contributed by atoms with E-state index in [1.807, 2.05) is 30.5 Å². The number of aromatic nitrogens is 1. The molecule has 0 atom stereocenters. The number of hydrogen-bond donors (Lipinski definition) is 3. The zero-order valence-corrected chi connectivity index (χ0v) is 11.6. The Bertz CT molecular complexity index is 599. The number of aromatic amines is 1. The van der Waals surface area contributed by atoms with Gasteiger partial charge in [0.25, 0.3) is 0 Å². The molecule has 0 bridgehead atoms. The van der Waals surface area contributed by atoms with Crippen LogP contribution in [0.25, 0.3) is 10.9 Å². The predicted octanol–water partition coefficient (Wildman–Crippen LogP) is 2.38. The first-order valence-electron chi connectivity index (χ1n) is 7.04. The van der Waals surface area contributed by atoms with Gasteiger partial charge in [-0.25, -0.2) is 4.79 Å². The summed E-state index contributed by atoms with van der Waals surface area (Å²) in [5.74, 6) is 0. The van der Waals surface area contributed by atoms with Crippen LogP contribution in [0.2, 0.25) is 0 Å². The first kappa shape index (κ1) is 13.0. The van der Waals surface area contributed by atoms with Gasteiger partial charge in [0.2, 0.25) is 0 Å². The summed E-state index contributed by atoms with van der Waals surface area (Å²) >= 11 is 0. The van der Waals surface area contributed by atoms with E-state index in [1.165, 1.54) is 0 Å². The molecule has 1 saturated heterocycles. The Balaban J connectivity index is 1.63. The van der Waals surface area contributed by atoms with Crippen molar-refractivity contribution in [3.05, 3.63) is 30.5 Å². The van der Waals surface area contributed by atoms with Crippen LogP contribution >= 0.6 is 0 Å². The van der Waals surface area contributed by atoms with Gasteiger partial charge in [0.05, 0.1) is 5.69 Å². The monoisotopic (exact) mass is 272 g/mol. The second-order valence-electron chi connectivity index (χ2n) is 5.42. The highest BCUT2D eigenvalue weighted by atomic mass is 16.2. The number of anilines is 1. The summed E-state index contributed by atoms with van der Waals surface area (Å²) in [6, 6.07) is 7.98. The van der Waals surface area contributed by atoms with E-state index in [4.69, 9.17) is 0 Å². The highest BCUT2D eigenvalue weighted by molar-refractivity contribution is 6.00. The number of rotatable bonds is 2. The standard InChI is InChI=1S/C15H20N4O/c1-19-9-6-11(7-10-19)17-15(20)18-14-4-2-3-13-12(14)5-8-16-13/h2-5,8,11,16H,6-7,9-10H2,1H3,(H2,17,18,20). The predicted molar refractivity (Wildman–Crippen MR) is 81.0 cm³/mol. The molecule has 2 aromatic rings. The highest BCUT2D eigenvalue weighted by Gasteiger charge is 2.18. The van der Waals surface area contributed by atoms with Gasteiger partial charge in [-0.15, -0.1) is 0 Å². The van der Waals surface area contributed by atoms with E-state index in [1.54, 1.807) is 0 Å². The van der Waals surface area contributed by atoms with Gasteiger partial charge in [-0.1, -0.05) is 6.07 Å². The molecule has 0 unspecified atom stereocenters. The maximum absolute atomic E-state index is 12.1. The third kappa shape index (κ3) is 2.77. The molecule has 20 heavy (non-hydrogen) atoms. The number of nitrogens with one attached hydrogen (secondary N) is 3. The first-order chi connectivity index (χ1) is 9.72. The van der Waals surface area contributed by atoms with Gasteiger partial charge in [0.1, 0.15) is 0 Å². The SMILES string of the molecule is CN1CCC(NC(=O)Nc2cccc3[nH]ccc23)CC1.